The molecule has 1 amide bonds. The fourth-order valence-electron chi connectivity index (χ4n) is 3.34. The first-order chi connectivity index (χ1) is 12.7. The Morgan fingerprint density at radius 1 is 1.19 bits per heavy atom. The Morgan fingerprint density at radius 3 is 2.73 bits per heavy atom. The second-order valence-electron chi connectivity index (χ2n) is 6.71. The summed E-state index contributed by atoms with van der Waals surface area (Å²) in [6, 6.07) is 14.3. The van der Waals surface area contributed by atoms with E-state index in [0.29, 0.717) is 38.2 Å². The lowest BCUT2D eigenvalue weighted by atomic mass is 9.75. The van der Waals surface area contributed by atoms with Crippen LogP contribution in [0.15, 0.2) is 48.5 Å². The van der Waals surface area contributed by atoms with E-state index in [1.807, 2.05) is 24.3 Å². The van der Waals surface area contributed by atoms with Crippen LogP contribution in [0, 0.1) is 11.2 Å². The summed E-state index contributed by atoms with van der Waals surface area (Å²) >= 11 is 0. The van der Waals surface area contributed by atoms with Crippen molar-refractivity contribution in [3.63, 3.8) is 0 Å². The smallest absolute Gasteiger partial charge is 0.229 e. The lowest BCUT2D eigenvalue weighted by Crippen LogP contribution is -2.62. The number of amides is 1. The molecule has 0 saturated carbocycles. The number of nitrogens with one attached hydrogen (secondary N) is 2. The molecule has 0 bridgehead atoms. The van der Waals surface area contributed by atoms with Crippen molar-refractivity contribution in [3.05, 3.63) is 59.9 Å². The van der Waals surface area contributed by atoms with Crippen molar-refractivity contribution in [2.24, 2.45) is 5.41 Å². The van der Waals surface area contributed by atoms with Gasteiger partial charge in [-0.2, -0.15) is 0 Å². The van der Waals surface area contributed by atoms with Gasteiger partial charge in [0, 0.05) is 19.6 Å². The van der Waals surface area contributed by atoms with Crippen LogP contribution in [-0.4, -0.2) is 40.5 Å². The molecule has 1 aromatic heterocycles. The number of rotatable bonds is 6. The number of hydrogen-bond donors (Lipinski definition) is 2. The van der Waals surface area contributed by atoms with Gasteiger partial charge in [0.2, 0.25) is 5.91 Å². The molecule has 4 rings (SSSR count). The van der Waals surface area contributed by atoms with Gasteiger partial charge in [-0.1, -0.05) is 35.5 Å². The molecule has 26 heavy (non-hydrogen) atoms. The van der Waals surface area contributed by atoms with E-state index < -0.39 is 5.41 Å². The average molecular weight is 353 g/mol. The monoisotopic (exact) mass is 353 g/mol. The van der Waals surface area contributed by atoms with Gasteiger partial charge in [-0.3, -0.25) is 4.79 Å². The number of fused-ring (bicyclic) bond motifs is 1. The summed E-state index contributed by atoms with van der Waals surface area (Å²) in [6.07, 6.45) is 0.394. The van der Waals surface area contributed by atoms with Crippen LogP contribution in [0.1, 0.15) is 5.56 Å². The van der Waals surface area contributed by atoms with Crippen molar-refractivity contribution in [2.75, 3.05) is 19.6 Å². The number of nitrogens with zero attached hydrogens (tertiary/aromatic N) is 3. The molecular weight excluding hydrogens is 333 g/mol. The van der Waals surface area contributed by atoms with Crippen LogP contribution in [-0.2, 0) is 17.8 Å². The molecule has 6 nitrogen and oxygen atoms in total. The summed E-state index contributed by atoms with van der Waals surface area (Å²) in [5, 5.41) is 14.3. The van der Waals surface area contributed by atoms with Crippen molar-refractivity contribution in [1.82, 2.24) is 25.6 Å². The van der Waals surface area contributed by atoms with Gasteiger partial charge >= 0.3 is 0 Å². The fraction of sp³-hybridized carbons (Fsp3) is 0.316. The number of halogens is 1. The number of hydrogen-bond acceptors (Lipinski definition) is 4. The molecule has 3 aromatic rings. The highest BCUT2D eigenvalue weighted by molar-refractivity contribution is 5.84. The molecule has 2 heterocycles. The first kappa shape index (κ1) is 16.7. The highest BCUT2D eigenvalue weighted by atomic mass is 19.1. The lowest BCUT2D eigenvalue weighted by molar-refractivity contribution is -0.134. The minimum Gasteiger partial charge on any atom is -0.354 e. The van der Waals surface area contributed by atoms with Gasteiger partial charge in [-0.25, -0.2) is 9.07 Å². The predicted octanol–water partition coefficient (Wildman–Crippen LogP) is 1.52. The van der Waals surface area contributed by atoms with E-state index in [9.17, 15) is 9.18 Å². The van der Waals surface area contributed by atoms with Crippen molar-refractivity contribution < 1.29 is 9.18 Å². The van der Waals surface area contributed by atoms with Gasteiger partial charge in [-0.15, -0.1) is 5.10 Å². The molecule has 1 saturated heterocycles. The number of carbonyl (C=O) groups is 1. The van der Waals surface area contributed by atoms with Crippen LogP contribution >= 0.6 is 0 Å². The molecule has 1 aliphatic rings. The molecule has 2 N–H and O–H groups in total. The Balaban J connectivity index is 1.39. The van der Waals surface area contributed by atoms with Crippen molar-refractivity contribution >= 4 is 16.9 Å². The van der Waals surface area contributed by atoms with E-state index in [1.165, 1.54) is 6.07 Å². The van der Waals surface area contributed by atoms with Crippen molar-refractivity contribution in [2.45, 2.75) is 13.0 Å². The SMILES string of the molecule is O=C(NCCn1nnc2ccccc21)C1(Cc2ccccc2F)CNC1. The van der Waals surface area contributed by atoms with Gasteiger partial charge in [0.05, 0.1) is 17.5 Å². The van der Waals surface area contributed by atoms with Crippen LogP contribution < -0.4 is 10.6 Å². The minimum absolute atomic E-state index is 0.0519. The maximum atomic E-state index is 14.0. The Kier molecular flexibility index (Phi) is 4.38. The van der Waals surface area contributed by atoms with E-state index in [2.05, 4.69) is 20.9 Å². The zero-order valence-electron chi connectivity index (χ0n) is 14.3. The molecule has 0 spiro atoms. The van der Waals surface area contributed by atoms with E-state index in [1.54, 1.807) is 22.9 Å². The summed E-state index contributed by atoms with van der Waals surface area (Å²) in [4.78, 5) is 12.7. The van der Waals surface area contributed by atoms with Crippen LogP contribution in [0.2, 0.25) is 0 Å². The minimum atomic E-state index is -0.591. The summed E-state index contributed by atoms with van der Waals surface area (Å²) in [5.41, 5.74) is 1.75. The van der Waals surface area contributed by atoms with E-state index >= 15 is 0 Å². The van der Waals surface area contributed by atoms with Crippen molar-refractivity contribution in [1.29, 1.82) is 0 Å². The quantitative estimate of drug-likeness (QED) is 0.705. The largest absolute Gasteiger partial charge is 0.354 e. The fourth-order valence-corrected chi connectivity index (χ4v) is 3.34. The van der Waals surface area contributed by atoms with Crippen molar-refractivity contribution in [3.8, 4) is 0 Å². The molecular formula is C19H20FN5O. The molecule has 1 aliphatic heterocycles. The van der Waals surface area contributed by atoms with E-state index in [0.717, 1.165) is 11.0 Å². The maximum Gasteiger partial charge on any atom is 0.229 e. The van der Waals surface area contributed by atoms with Crippen LogP contribution in [0.25, 0.3) is 11.0 Å². The average Bonchev–Trinajstić information content (AvgIpc) is 3.03. The van der Waals surface area contributed by atoms with E-state index in [4.69, 9.17) is 0 Å². The number of carbonyl (C=O) groups excluding carboxylic acids is 1. The predicted molar refractivity (Wildman–Crippen MR) is 95.9 cm³/mol. The third kappa shape index (κ3) is 3.06. The summed E-state index contributed by atoms with van der Waals surface area (Å²) in [5.74, 6) is -0.315. The molecule has 2 aromatic carbocycles. The number of benzene rings is 2. The lowest BCUT2D eigenvalue weighted by Gasteiger charge is -2.41. The molecule has 7 heteroatoms. The third-order valence-corrected chi connectivity index (χ3v) is 4.92. The first-order valence-electron chi connectivity index (χ1n) is 8.69. The normalized spacial score (nSPS) is 15.6. The Hall–Kier alpha value is -2.80. The topological polar surface area (TPSA) is 71.8 Å². The second-order valence-corrected chi connectivity index (χ2v) is 6.71. The van der Waals surface area contributed by atoms with Gasteiger partial charge in [0.25, 0.3) is 0 Å². The Bertz CT molecular complexity index is 934. The molecule has 0 radical (unpaired) electrons. The number of para-hydroxylation sites is 1. The number of aromatic nitrogens is 3. The third-order valence-electron chi connectivity index (χ3n) is 4.92. The van der Waals surface area contributed by atoms with Gasteiger partial charge in [-0.05, 0) is 30.2 Å². The molecule has 1 fully saturated rings. The van der Waals surface area contributed by atoms with Gasteiger partial charge in [0.15, 0.2) is 0 Å². The Morgan fingerprint density at radius 2 is 1.96 bits per heavy atom. The molecule has 0 aliphatic carbocycles. The first-order valence-corrected chi connectivity index (χ1v) is 8.69. The maximum absolute atomic E-state index is 14.0. The van der Waals surface area contributed by atoms with Gasteiger partial charge < -0.3 is 10.6 Å². The zero-order valence-corrected chi connectivity index (χ0v) is 14.3. The Labute approximate surface area is 150 Å². The van der Waals surface area contributed by atoms with Crippen LogP contribution in [0.5, 0.6) is 0 Å². The second kappa shape index (κ2) is 6.84. The molecule has 134 valence electrons. The highest BCUT2D eigenvalue weighted by Gasteiger charge is 2.44. The summed E-state index contributed by atoms with van der Waals surface area (Å²) in [6.45, 7) is 2.10. The van der Waals surface area contributed by atoms with E-state index in [-0.39, 0.29) is 11.7 Å². The van der Waals surface area contributed by atoms with Gasteiger partial charge in [0.1, 0.15) is 11.3 Å². The van der Waals surface area contributed by atoms with Crippen LogP contribution in [0.4, 0.5) is 4.39 Å². The highest BCUT2D eigenvalue weighted by Crippen LogP contribution is 2.29. The van der Waals surface area contributed by atoms with Crippen LogP contribution in [0.3, 0.4) is 0 Å². The standard InChI is InChI=1S/C19H20FN5O/c20-15-6-2-1-5-14(15)11-19(12-21-13-19)18(26)22-9-10-25-17-8-4-3-7-16(17)23-24-25/h1-8,21H,9-13H2,(H,22,26). The summed E-state index contributed by atoms with van der Waals surface area (Å²) in [7, 11) is 0. The zero-order chi connectivity index (χ0) is 18.0. The summed E-state index contributed by atoms with van der Waals surface area (Å²) < 4.78 is 15.7. The molecule has 0 atom stereocenters. The molecule has 0 unspecified atom stereocenters.